The number of carbonyl (C=O) groups excluding carboxylic acids is 1. The van der Waals surface area contributed by atoms with Crippen LogP contribution in [0.15, 0.2) is 36.5 Å². The van der Waals surface area contributed by atoms with Gasteiger partial charge in [0, 0.05) is 17.1 Å². The number of likely N-dealkylation sites (N-methyl/N-ethyl adjacent to an activating group) is 1. The summed E-state index contributed by atoms with van der Waals surface area (Å²) in [4.78, 5) is 17.9. The second-order valence-electron chi connectivity index (χ2n) is 4.07. The van der Waals surface area contributed by atoms with Crippen molar-refractivity contribution < 1.29 is 4.79 Å². The van der Waals surface area contributed by atoms with Gasteiger partial charge in [0.05, 0.1) is 12.1 Å². The van der Waals surface area contributed by atoms with Gasteiger partial charge in [0.15, 0.2) is 5.78 Å². The highest BCUT2D eigenvalue weighted by molar-refractivity contribution is 6.00. The number of benzene rings is 1. The van der Waals surface area contributed by atoms with Crippen molar-refractivity contribution in [2.24, 2.45) is 0 Å². The summed E-state index contributed by atoms with van der Waals surface area (Å²) in [5.41, 5.74) is 1.66. The standard InChI is InChI=1S/C13H14N2O/c1-15(2)9-13(16)11-5-6-12-10(8-11)4-3-7-14-12/h3-8H,9H2,1-2H3. The Morgan fingerprint density at radius 1 is 1.31 bits per heavy atom. The molecule has 0 fully saturated rings. The molecule has 0 amide bonds. The van der Waals surface area contributed by atoms with Crippen molar-refractivity contribution in [1.82, 2.24) is 9.88 Å². The Morgan fingerprint density at radius 3 is 2.88 bits per heavy atom. The third-order valence-electron chi connectivity index (χ3n) is 2.38. The van der Waals surface area contributed by atoms with E-state index >= 15 is 0 Å². The zero-order chi connectivity index (χ0) is 11.5. The van der Waals surface area contributed by atoms with Crippen LogP contribution in [-0.2, 0) is 0 Å². The number of aromatic nitrogens is 1. The van der Waals surface area contributed by atoms with E-state index in [0.717, 1.165) is 16.5 Å². The molecule has 0 aliphatic carbocycles. The summed E-state index contributed by atoms with van der Waals surface area (Å²) < 4.78 is 0. The SMILES string of the molecule is CN(C)CC(=O)c1ccc2ncccc2c1. The van der Waals surface area contributed by atoms with Gasteiger partial charge >= 0.3 is 0 Å². The highest BCUT2D eigenvalue weighted by atomic mass is 16.1. The molecule has 2 aromatic rings. The minimum absolute atomic E-state index is 0.135. The molecule has 1 aromatic carbocycles. The van der Waals surface area contributed by atoms with E-state index in [2.05, 4.69) is 4.98 Å². The lowest BCUT2D eigenvalue weighted by atomic mass is 10.1. The van der Waals surface area contributed by atoms with Gasteiger partial charge in [0.1, 0.15) is 0 Å². The summed E-state index contributed by atoms with van der Waals surface area (Å²) in [7, 11) is 3.78. The highest BCUT2D eigenvalue weighted by Gasteiger charge is 2.07. The van der Waals surface area contributed by atoms with Gasteiger partial charge in [-0.2, -0.15) is 0 Å². The number of Topliss-reactive ketones (excluding diaryl/α,β-unsaturated/α-hetero) is 1. The molecular formula is C13H14N2O. The van der Waals surface area contributed by atoms with E-state index in [9.17, 15) is 4.79 Å². The minimum Gasteiger partial charge on any atom is -0.302 e. The van der Waals surface area contributed by atoms with Gasteiger partial charge in [0.2, 0.25) is 0 Å². The molecule has 0 radical (unpaired) electrons. The quantitative estimate of drug-likeness (QED) is 0.732. The first-order chi connectivity index (χ1) is 7.66. The van der Waals surface area contributed by atoms with Crippen LogP contribution in [-0.4, -0.2) is 36.3 Å². The van der Waals surface area contributed by atoms with Gasteiger partial charge in [-0.1, -0.05) is 6.07 Å². The molecule has 0 atom stereocenters. The van der Waals surface area contributed by atoms with Crippen molar-refractivity contribution in [2.75, 3.05) is 20.6 Å². The number of rotatable bonds is 3. The molecule has 2 rings (SSSR count). The number of fused-ring (bicyclic) bond motifs is 1. The van der Waals surface area contributed by atoms with Crippen molar-refractivity contribution >= 4 is 16.7 Å². The van der Waals surface area contributed by atoms with Crippen LogP contribution in [0.4, 0.5) is 0 Å². The fraction of sp³-hybridized carbons (Fsp3) is 0.231. The maximum Gasteiger partial charge on any atom is 0.176 e. The Bertz CT molecular complexity index is 520. The first kappa shape index (κ1) is 10.8. The molecule has 0 unspecified atom stereocenters. The van der Waals surface area contributed by atoms with E-state index in [4.69, 9.17) is 0 Å². The molecule has 0 bridgehead atoms. The molecule has 82 valence electrons. The molecule has 0 N–H and O–H groups in total. The highest BCUT2D eigenvalue weighted by Crippen LogP contribution is 2.13. The minimum atomic E-state index is 0.135. The van der Waals surface area contributed by atoms with E-state index in [0.29, 0.717) is 6.54 Å². The number of hydrogen-bond acceptors (Lipinski definition) is 3. The van der Waals surface area contributed by atoms with Crippen LogP contribution in [0.1, 0.15) is 10.4 Å². The smallest absolute Gasteiger partial charge is 0.176 e. The van der Waals surface area contributed by atoms with Crippen LogP contribution in [0.5, 0.6) is 0 Å². The van der Waals surface area contributed by atoms with Crippen molar-refractivity contribution in [3.05, 3.63) is 42.1 Å². The number of nitrogens with zero attached hydrogens (tertiary/aromatic N) is 2. The van der Waals surface area contributed by atoms with Crippen LogP contribution in [0.2, 0.25) is 0 Å². The first-order valence-electron chi connectivity index (χ1n) is 5.19. The Labute approximate surface area is 94.7 Å². The molecule has 0 saturated carbocycles. The molecule has 0 saturated heterocycles. The van der Waals surface area contributed by atoms with Crippen LogP contribution in [0, 0.1) is 0 Å². The molecule has 0 aliphatic rings. The molecule has 16 heavy (non-hydrogen) atoms. The van der Waals surface area contributed by atoms with Crippen LogP contribution in [0.25, 0.3) is 10.9 Å². The largest absolute Gasteiger partial charge is 0.302 e. The van der Waals surface area contributed by atoms with E-state index < -0.39 is 0 Å². The fourth-order valence-electron chi connectivity index (χ4n) is 1.63. The predicted octanol–water partition coefficient (Wildman–Crippen LogP) is 1.98. The average Bonchev–Trinajstić information content (AvgIpc) is 2.27. The van der Waals surface area contributed by atoms with Crippen molar-refractivity contribution in [2.45, 2.75) is 0 Å². The molecular weight excluding hydrogens is 200 g/mol. The van der Waals surface area contributed by atoms with E-state index in [1.54, 1.807) is 6.20 Å². The number of carbonyl (C=O) groups is 1. The Hall–Kier alpha value is -1.74. The van der Waals surface area contributed by atoms with Gasteiger partial charge in [-0.05, 0) is 38.4 Å². The third kappa shape index (κ3) is 2.25. The van der Waals surface area contributed by atoms with E-state index in [-0.39, 0.29) is 5.78 Å². The third-order valence-corrected chi connectivity index (χ3v) is 2.38. The normalized spacial score (nSPS) is 10.9. The molecule has 0 aliphatic heterocycles. The monoisotopic (exact) mass is 214 g/mol. The summed E-state index contributed by atoms with van der Waals surface area (Å²) in [6.45, 7) is 0.436. The molecule has 1 aromatic heterocycles. The summed E-state index contributed by atoms with van der Waals surface area (Å²) in [5.74, 6) is 0.135. The first-order valence-corrected chi connectivity index (χ1v) is 5.19. The van der Waals surface area contributed by atoms with Crippen LogP contribution < -0.4 is 0 Å². The lowest BCUT2D eigenvalue weighted by molar-refractivity contribution is 0.0958. The maximum absolute atomic E-state index is 11.8. The van der Waals surface area contributed by atoms with Crippen molar-refractivity contribution in [1.29, 1.82) is 0 Å². The maximum atomic E-state index is 11.8. The fourth-order valence-corrected chi connectivity index (χ4v) is 1.63. The summed E-state index contributed by atoms with van der Waals surface area (Å²) in [6, 6.07) is 9.46. The topological polar surface area (TPSA) is 33.2 Å². The van der Waals surface area contributed by atoms with E-state index in [1.165, 1.54) is 0 Å². The van der Waals surface area contributed by atoms with Gasteiger partial charge in [-0.15, -0.1) is 0 Å². The molecule has 3 nitrogen and oxygen atoms in total. The summed E-state index contributed by atoms with van der Waals surface area (Å²) in [5, 5.41) is 1.01. The second-order valence-corrected chi connectivity index (χ2v) is 4.07. The lowest BCUT2D eigenvalue weighted by Gasteiger charge is -2.08. The van der Waals surface area contributed by atoms with Gasteiger partial charge in [-0.3, -0.25) is 9.78 Å². The summed E-state index contributed by atoms with van der Waals surface area (Å²) in [6.07, 6.45) is 1.75. The molecule has 3 heteroatoms. The molecule has 1 heterocycles. The Kier molecular flexibility index (Phi) is 2.97. The number of pyridine rings is 1. The zero-order valence-electron chi connectivity index (χ0n) is 9.47. The van der Waals surface area contributed by atoms with Gasteiger partial charge < -0.3 is 4.90 Å². The lowest BCUT2D eigenvalue weighted by Crippen LogP contribution is -2.21. The van der Waals surface area contributed by atoms with Gasteiger partial charge in [0.25, 0.3) is 0 Å². The second kappa shape index (κ2) is 4.41. The predicted molar refractivity (Wildman–Crippen MR) is 64.6 cm³/mol. The number of ketones is 1. The van der Waals surface area contributed by atoms with Crippen LogP contribution >= 0.6 is 0 Å². The zero-order valence-corrected chi connectivity index (χ0v) is 9.47. The van der Waals surface area contributed by atoms with Crippen molar-refractivity contribution in [3.63, 3.8) is 0 Å². The summed E-state index contributed by atoms with van der Waals surface area (Å²) >= 11 is 0. The van der Waals surface area contributed by atoms with E-state index in [1.807, 2.05) is 49.3 Å². The average molecular weight is 214 g/mol. The number of hydrogen-bond donors (Lipinski definition) is 0. The Balaban J connectivity index is 2.35. The van der Waals surface area contributed by atoms with Crippen molar-refractivity contribution in [3.8, 4) is 0 Å². The van der Waals surface area contributed by atoms with Crippen LogP contribution in [0.3, 0.4) is 0 Å². The van der Waals surface area contributed by atoms with Gasteiger partial charge in [-0.25, -0.2) is 0 Å². The Morgan fingerprint density at radius 2 is 2.12 bits per heavy atom. The molecule has 0 spiro atoms.